The number of nitrogens with zero attached hydrogens (tertiary/aromatic N) is 2. The Bertz CT molecular complexity index is 1240. The molecule has 142 valence electrons. The summed E-state index contributed by atoms with van der Waals surface area (Å²) in [5.41, 5.74) is 8.59. The van der Waals surface area contributed by atoms with Crippen molar-refractivity contribution in [3.8, 4) is 11.1 Å². The zero-order valence-electron chi connectivity index (χ0n) is 16.5. The molecule has 1 heterocycles. The van der Waals surface area contributed by atoms with Crippen LogP contribution < -0.4 is 15.3 Å². The van der Waals surface area contributed by atoms with Gasteiger partial charge in [-0.25, -0.2) is 0 Å². The molecule has 1 aliphatic heterocycles. The molecule has 0 aromatic heterocycles. The second kappa shape index (κ2) is 6.66. The van der Waals surface area contributed by atoms with Crippen LogP contribution in [0.15, 0.2) is 79.1 Å². The first kappa shape index (κ1) is 16.7. The Morgan fingerprint density at radius 1 is 0.655 bits per heavy atom. The molecule has 0 fully saturated rings. The van der Waals surface area contributed by atoms with Gasteiger partial charge in [0.25, 0.3) is 0 Å². The minimum atomic E-state index is 0.888. The molecule has 0 amide bonds. The van der Waals surface area contributed by atoms with Gasteiger partial charge in [0.15, 0.2) is 0 Å². The van der Waals surface area contributed by atoms with Crippen LogP contribution in [0.5, 0.6) is 0 Å². The highest BCUT2D eigenvalue weighted by molar-refractivity contribution is 5.74. The quantitative estimate of drug-likeness (QED) is 0.655. The molecule has 6 rings (SSSR count). The fraction of sp³-hybridized carbons (Fsp3) is 0.185. The van der Waals surface area contributed by atoms with Crippen LogP contribution >= 0.6 is 0 Å². The Labute approximate surface area is 171 Å². The fourth-order valence-electron chi connectivity index (χ4n) is 5.10. The summed E-state index contributed by atoms with van der Waals surface area (Å²) in [6.07, 6.45) is 11.4. The summed E-state index contributed by atoms with van der Waals surface area (Å²) in [5, 5.41) is 2.90. The smallest absolute Gasteiger partial charge is 0.0986 e. The summed E-state index contributed by atoms with van der Waals surface area (Å²) in [6, 6.07) is 24.3. The summed E-state index contributed by atoms with van der Waals surface area (Å²) in [4.78, 5) is 4.75. The van der Waals surface area contributed by atoms with Gasteiger partial charge in [-0.2, -0.15) is 0 Å². The number of rotatable bonds is 2. The van der Waals surface area contributed by atoms with E-state index in [2.05, 4.69) is 95.0 Å². The largest absolute Gasteiger partial charge is 0.331 e. The van der Waals surface area contributed by atoms with Crippen LogP contribution in [0.3, 0.4) is 0 Å². The van der Waals surface area contributed by atoms with Crippen molar-refractivity contribution >= 4 is 17.5 Å². The van der Waals surface area contributed by atoms with E-state index in [0.29, 0.717) is 0 Å². The third kappa shape index (κ3) is 2.71. The van der Waals surface area contributed by atoms with Crippen molar-refractivity contribution in [1.29, 1.82) is 0 Å². The number of aryl methyl sites for hydroxylation is 1. The molecule has 0 spiro atoms. The van der Waals surface area contributed by atoms with E-state index in [-0.39, 0.29) is 0 Å². The van der Waals surface area contributed by atoms with Gasteiger partial charge in [-0.05, 0) is 65.3 Å². The number of benzene rings is 3. The molecule has 2 heteroatoms. The van der Waals surface area contributed by atoms with Gasteiger partial charge in [0.1, 0.15) is 0 Å². The molecule has 0 unspecified atom stereocenters. The lowest BCUT2D eigenvalue weighted by Crippen LogP contribution is -2.39. The highest BCUT2D eigenvalue weighted by atomic mass is 15.3. The highest BCUT2D eigenvalue weighted by Gasteiger charge is 2.22. The van der Waals surface area contributed by atoms with Crippen molar-refractivity contribution in [3.05, 3.63) is 101 Å². The van der Waals surface area contributed by atoms with Gasteiger partial charge in [0.05, 0.1) is 6.67 Å². The van der Waals surface area contributed by atoms with Crippen LogP contribution in [0.2, 0.25) is 0 Å². The van der Waals surface area contributed by atoms with E-state index in [1.165, 1.54) is 38.5 Å². The van der Waals surface area contributed by atoms with E-state index in [0.717, 1.165) is 32.4 Å². The van der Waals surface area contributed by atoms with Crippen LogP contribution in [0.4, 0.5) is 5.69 Å². The molecule has 0 atom stereocenters. The number of para-hydroxylation sites is 1. The minimum Gasteiger partial charge on any atom is -0.331 e. The number of fused-ring (bicyclic) bond motifs is 5. The maximum atomic E-state index is 2.47. The lowest BCUT2D eigenvalue weighted by molar-refractivity contribution is 0.546. The zero-order chi connectivity index (χ0) is 19.2. The monoisotopic (exact) mass is 376 g/mol. The summed E-state index contributed by atoms with van der Waals surface area (Å²) in [7, 11) is 0. The van der Waals surface area contributed by atoms with Crippen LogP contribution in [-0.4, -0.2) is 11.6 Å². The van der Waals surface area contributed by atoms with Crippen LogP contribution in [0.1, 0.15) is 24.0 Å². The Balaban J connectivity index is 1.44. The Morgan fingerprint density at radius 2 is 1.48 bits per heavy atom. The van der Waals surface area contributed by atoms with E-state index in [1.807, 2.05) is 0 Å². The average molecular weight is 377 g/mol. The standard InChI is InChI=1S/C27H24N2/c1-2-8-21(9-3-1)28-17-18-29(19-28)27-12-6-11-23-25-14-13-20-7-4-5-10-22(20)24(25)15-16-26(23)27/h1-5,7-11,15-18H,6,12-14,19H2. The molecule has 3 aromatic rings. The van der Waals surface area contributed by atoms with Crippen molar-refractivity contribution in [2.24, 2.45) is 0 Å². The Kier molecular flexibility index (Phi) is 3.83. The van der Waals surface area contributed by atoms with Crippen molar-refractivity contribution in [3.63, 3.8) is 0 Å². The summed E-state index contributed by atoms with van der Waals surface area (Å²) >= 11 is 0. The molecular weight excluding hydrogens is 352 g/mol. The van der Waals surface area contributed by atoms with E-state index >= 15 is 0 Å². The third-order valence-corrected chi connectivity index (χ3v) is 6.52. The molecule has 0 saturated heterocycles. The molecular formula is C27H24N2. The summed E-state index contributed by atoms with van der Waals surface area (Å²) < 4.78 is 0. The topological polar surface area (TPSA) is 6.48 Å². The second-order valence-corrected chi connectivity index (χ2v) is 8.11. The fourth-order valence-corrected chi connectivity index (χ4v) is 5.10. The SMILES string of the molecule is C1=CN(c2ccccc2)CN1C1=c2ccc3c(c2=CCC1)CCc1ccccc1-3. The first-order valence-corrected chi connectivity index (χ1v) is 10.6. The van der Waals surface area contributed by atoms with E-state index in [4.69, 9.17) is 0 Å². The molecule has 2 aliphatic carbocycles. The molecule has 0 bridgehead atoms. The molecule has 2 nitrogen and oxygen atoms in total. The van der Waals surface area contributed by atoms with Crippen LogP contribution in [0, 0.1) is 0 Å². The van der Waals surface area contributed by atoms with Gasteiger partial charge in [0, 0.05) is 29.0 Å². The predicted octanol–water partition coefficient (Wildman–Crippen LogP) is 4.39. The van der Waals surface area contributed by atoms with Crippen molar-refractivity contribution in [1.82, 2.24) is 4.90 Å². The van der Waals surface area contributed by atoms with Gasteiger partial charge in [0.2, 0.25) is 0 Å². The number of hydrogen-bond acceptors (Lipinski definition) is 2. The van der Waals surface area contributed by atoms with Crippen molar-refractivity contribution in [2.45, 2.75) is 25.7 Å². The van der Waals surface area contributed by atoms with Gasteiger partial charge >= 0.3 is 0 Å². The van der Waals surface area contributed by atoms with Gasteiger partial charge < -0.3 is 9.80 Å². The molecule has 0 radical (unpaired) electrons. The first-order valence-electron chi connectivity index (χ1n) is 10.6. The lowest BCUT2D eigenvalue weighted by atomic mass is 9.83. The molecule has 0 N–H and O–H groups in total. The van der Waals surface area contributed by atoms with E-state index in [1.54, 1.807) is 5.56 Å². The second-order valence-electron chi connectivity index (χ2n) is 8.11. The van der Waals surface area contributed by atoms with E-state index in [9.17, 15) is 0 Å². The minimum absolute atomic E-state index is 0.888. The number of hydrogen-bond donors (Lipinski definition) is 0. The number of anilines is 1. The summed E-state index contributed by atoms with van der Waals surface area (Å²) in [6.45, 7) is 0.888. The average Bonchev–Trinajstić information content (AvgIpc) is 3.29. The van der Waals surface area contributed by atoms with Crippen LogP contribution in [0.25, 0.3) is 22.9 Å². The zero-order valence-corrected chi connectivity index (χ0v) is 16.5. The maximum absolute atomic E-state index is 2.47. The molecule has 0 saturated carbocycles. The summed E-state index contributed by atoms with van der Waals surface area (Å²) in [5.74, 6) is 0. The molecule has 3 aliphatic rings. The maximum Gasteiger partial charge on any atom is 0.0986 e. The third-order valence-electron chi connectivity index (χ3n) is 6.52. The van der Waals surface area contributed by atoms with E-state index < -0.39 is 0 Å². The lowest BCUT2D eigenvalue weighted by Gasteiger charge is -2.27. The Hall–Kier alpha value is -3.26. The van der Waals surface area contributed by atoms with Crippen molar-refractivity contribution < 1.29 is 0 Å². The van der Waals surface area contributed by atoms with Crippen molar-refractivity contribution in [2.75, 3.05) is 11.6 Å². The molecule has 3 aromatic carbocycles. The van der Waals surface area contributed by atoms with Crippen LogP contribution in [-0.2, 0) is 12.8 Å². The van der Waals surface area contributed by atoms with Gasteiger partial charge in [-0.15, -0.1) is 0 Å². The Morgan fingerprint density at radius 3 is 2.41 bits per heavy atom. The predicted molar refractivity (Wildman–Crippen MR) is 120 cm³/mol. The molecule has 29 heavy (non-hydrogen) atoms. The van der Waals surface area contributed by atoms with Gasteiger partial charge in [-0.3, -0.25) is 0 Å². The highest BCUT2D eigenvalue weighted by Crippen LogP contribution is 2.32. The normalized spacial score (nSPS) is 16.9. The van der Waals surface area contributed by atoms with Gasteiger partial charge in [-0.1, -0.05) is 60.7 Å². The first-order chi connectivity index (χ1) is 14.4.